The van der Waals surface area contributed by atoms with Gasteiger partial charge in [0.25, 0.3) is 5.91 Å². The van der Waals surface area contributed by atoms with Crippen molar-refractivity contribution in [3.63, 3.8) is 0 Å². The van der Waals surface area contributed by atoms with E-state index in [0.29, 0.717) is 5.69 Å². The van der Waals surface area contributed by atoms with Crippen molar-refractivity contribution in [2.75, 3.05) is 6.54 Å². The van der Waals surface area contributed by atoms with Crippen LogP contribution in [0.25, 0.3) is 0 Å². The summed E-state index contributed by atoms with van der Waals surface area (Å²) in [6.45, 7) is 2.49. The molecule has 1 amide bonds. The predicted octanol–water partition coefficient (Wildman–Crippen LogP) is 2.16. The Morgan fingerprint density at radius 1 is 1.56 bits per heavy atom. The van der Waals surface area contributed by atoms with E-state index in [4.69, 9.17) is 0 Å². The van der Waals surface area contributed by atoms with Crippen LogP contribution in [0.1, 0.15) is 36.7 Å². The zero-order valence-electron chi connectivity index (χ0n) is 10.8. The molecule has 1 aromatic heterocycles. The highest BCUT2D eigenvalue weighted by atomic mass is 79.9. The van der Waals surface area contributed by atoms with Crippen molar-refractivity contribution in [3.05, 3.63) is 22.4 Å². The normalized spacial score (nSPS) is 22.0. The molecule has 2 heterocycles. The van der Waals surface area contributed by atoms with Crippen molar-refractivity contribution in [2.24, 2.45) is 7.05 Å². The minimum absolute atomic E-state index is 0.00815. The number of aromatic nitrogens is 1. The molecule has 18 heavy (non-hydrogen) atoms. The van der Waals surface area contributed by atoms with E-state index in [1.54, 1.807) is 6.92 Å². The summed E-state index contributed by atoms with van der Waals surface area (Å²) >= 11 is 3.38. The van der Waals surface area contributed by atoms with Crippen LogP contribution >= 0.6 is 15.9 Å². The van der Waals surface area contributed by atoms with Crippen LogP contribution in [0.2, 0.25) is 0 Å². The summed E-state index contributed by atoms with van der Waals surface area (Å²) in [7, 11) is 1.86. The molecule has 0 radical (unpaired) electrons. The number of halogens is 1. The largest absolute Gasteiger partial charge is 0.391 e. The van der Waals surface area contributed by atoms with Gasteiger partial charge in [-0.1, -0.05) is 0 Å². The Bertz CT molecular complexity index is 442. The molecule has 0 bridgehead atoms. The van der Waals surface area contributed by atoms with E-state index in [1.165, 1.54) is 0 Å². The Morgan fingerprint density at radius 3 is 2.83 bits per heavy atom. The number of carbonyl (C=O) groups is 1. The van der Waals surface area contributed by atoms with Gasteiger partial charge in [0.15, 0.2) is 0 Å². The van der Waals surface area contributed by atoms with Crippen LogP contribution in [0, 0.1) is 0 Å². The van der Waals surface area contributed by atoms with Crippen LogP contribution in [0.3, 0.4) is 0 Å². The molecular formula is C13H19BrN2O2. The summed E-state index contributed by atoms with van der Waals surface area (Å²) < 4.78 is 2.72. The molecule has 100 valence electrons. The van der Waals surface area contributed by atoms with Gasteiger partial charge < -0.3 is 14.6 Å². The number of hydrogen-bond acceptors (Lipinski definition) is 2. The van der Waals surface area contributed by atoms with E-state index in [0.717, 1.165) is 30.3 Å². The Balaban J connectivity index is 2.23. The second-order valence-electron chi connectivity index (χ2n) is 4.96. The predicted molar refractivity (Wildman–Crippen MR) is 73.5 cm³/mol. The van der Waals surface area contributed by atoms with Gasteiger partial charge in [-0.3, -0.25) is 4.79 Å². The summed E-state index contributed by atoms with van der Waals surface area (Å²) in [5.41, 5.74) is 0.662. The topological polar surface area (TPSA) is 45.5 Å². The van der Waals surface area contributed by atoms with E-state index in [-0.39, 0.29) is 11.9 Å². The average Bonchev–Trinajstić information content (AvgIpc) is 2.67. The van der Waals surface area contributed by atoms with E-state index in [2.05, 4.69) is 15.9 Å². The third kappa shape index (κ3) is 2.62. The van der Waals surface area contributed by atoms with Gasteiger partial charge in [-0.2, -0.15) is 0 Å². The quantitative estimate of drug-likeness (QED) is 0.909. The fourth-order valence-electron chi connectivity index (χ4n) is 2.60. The Kier molecular flexibility index (Phi) is 4.12. The fraction of sp³-hybridized carbons (Fsp3) is 0.615. The molecule has 0 aromatic carbocycles. The van der Waals surface area contributed by atoms with E-state index >= 15 is 0 Å². The molecule has 1 aliphatic heterocycles. The van der Waals surface area contributed by atoms with Crippen LogP contribution in [0.4, 0.5) is 0 Å². The maximum Gasteiger partial charge on any atom is 0.270 e. The van der Waals surface area contributed by atoms with Crippen LogP contribution in [-0.4, -0.2) is 39.2 Å². The van der Waals surface area contributed by atoms with Gasteiger partial charge in [-0.05, 0) is 48.2 Å². The molecule has 0 saturated carbocycles. The van der Waals surface area contributed by atoms with Crippen LogP contribution in [0.15, 0.2) is 16.7 Å². The Morgan fingerprint density at radius 2 is 2.28 bits per heavy atom. The third-order valence-corrected chi connectivity index (χ3v) is 3.99. The summed E-state index contributed by atoms with van der Waals surface area (Å²) in [5, 5.41) is 9.81. The lowest BCUT2D eigenvalue weighted by Crippen LogP contribution is -2.49. The van der Waals surface area contributed by atoms with Crippen molar-refractivity contribution < 1.29 is 9.90 Å². The Hall–Kier alpha value is -0.810. The maximum absolute atomic E-state index is 12.5. The van der Waals surface area contributed by atoms with Crippen LogP contribution < -0.4 is 0 Å². The molecule has 2 unspecified atom stereocenters. The molecule has 0 aliphatic carbocycles. The summed E-state index contributed by atoms with van der Waals surface area (Å²) in [4.78, 5) is 14.3. The number of amides is 1. The Labute approximate surface area is 116 Å². The minimum atomic E-state index is -0.474. The second-order valence-corrected chi connectivity index (χ2v) is 5.87. The monoisotopic (exact) mass is 314 g/mol. The molecule has 5 heteroatoms. The van der Waals surface area contributed by atoms with E-state index in [9.17, 15) is 9.90 Å². The minimum Gasteiger partial charge on any atom is -0.391 e. The highest BCUT2D eigenvalue weighted by molar-refractivity contribution is 9.10. The second kappa shape index (κ2) is 5.45. The zero-order valence-corrected chi connectivity index (χ0v) is 12.4. The highest BCUT2D eigenvalue weighted by Crippen LogP contribution is 2.23. The molecule has 0 spiro atoms. The molecule has 1 saturated heterocycles. The molecule has 1 fully saturated rings. The van der Waals surface area contributed by atoms with E-state index < -0.39 is 6.10 Å². The standard InChI is InChI=1S/C13H19BrN2O2/c1-9(17)11-5-3-4-6-16(11)13(18)12-7-10(14)8-15(12)2/h7-9,11,17H,3-6H2,1-2H3. The van der Waals surface area contributed by atoms with Gasteiger partial charge in [0.1, 0.15) is 5.69 Å². The van der Waals surface area contributed by atoms with Crippen molar-refractivity contribution in [3.8, 4) is 0 Å². The zero-order chi connectivity index (χ0) is 13.3. The number of aryl methyl sites for hydroxylation is 1. The number of carbonyl (C=O) groups excluding carboxylic acids is 1. The maximum atomic E-state index is 12.5. The van der Waals surface area contributed by atoms with Crippen molar-refractivity contribution in [2.45, 2.75) is 38.3 Å². The highest BCUT2D eigenvalue weighted by Gasteiger charge is 2.31. The van der Waals surface area contributed by atoms with Gasteiger partial charge >= 0.3 is 0 Å². The average molecular weight is 315 g/mol. The van der Waals surface area contributed by atoms with Crippen molar-refractivity contribution in [1.82, 2.24) is 9.47 Å². The summed E-state index contributed by atoms with van der Waals surface area (Å²) in [6, 6.07) is 1.77. The van der Waals surface area contributed by atoms with Crippen LogP contribution in [-0.2, 0) is 7.05 Å². The van der Waals surface area contributed by atoms with Gasteiger partial charge in [0.2, 0.25) is 0 Å². The SMILES string of the molecule is CC(O)C1CCCCN1C(=O)c1cc(Br)cn1C. The van der Waals surface area contributed by atoms with E-state index in [1.807, 2.05) is 28.8 Å². The number of hydrogen-bond donors (Lipinski definition) is 1. The number of nitrogens with zero attached hydrogens (tertiary/aromatic N) is 2. The molecule has 1 N–H and O–H groups in total. The van der Waals surface area contributed by atoms with Gasteiger partial charge in [0, 0.05) is 24.3 Å². The number of rotatable bonds is 2. The van der Waals surface area contributed by atoms with Crippen molar-refractivity contribution in [1.29, 1.82) is 0 Å². The molecular weight excluding hydrogens is 296 g/mol. The first kappa shape index (κ1) is 13.6. The summed E-state index contributed by atoms with van der Waals surface area (Å²) in [5.74, 6) is 0.00815. The number of piperidine rings is 1. The molecule has 1 aromatic rings. The van der Waals surface area contributed by atoms with Gasteiger partial charge in [-0.25, -0.2) is 0 Å². The first-order valence-electron chi connectivity index (χ1n) is 6.31. The third-order valence-electron chi connectivity index (χ3n) is 3.56. The lowest BCUT2D eigenvalue weighted by molar-refractivity contribution is 0.0274. The van der Waals surface area contributed by atoms with Crippen molar-refractivity contribution >= 4 is 21.8 Å². The smallest absolute Gasteiger partial charge is 0.270 e. The van der Waals surface area contributed by atoms with Gasteiger partial charge in [-0.15, -0.1) is 0 Å². The number of aliphatic hydroxyl groups excluding tert-OH is 1. The molecule has 2 rings (SSSR count). The first-order chi connectivity index (χ1) is 8.50. The lowest BCUT2D eigenvalue weighted by Gasteiger charge is -2.37. The number of likely N-dealkylation sites (tertiary alicyclic amines) is 1. The first-order valence-corrected chi connectivity index (χ1v) is 7.11. The summed E-state index contributed by atoms with van der Waals surface area (Å²) in [6.07, 6.45) is 4.37. The fourth-order valence-corrected chi connectivity index (χ4v) is 3.12. The molecule has 2 atom stereocenters. The molecule has 1 aliphatic rings. The lowest BCUT2D eigenvalue weighted by atomic mass is 9.98. The molecule has 4 nitrogen and oxygen atoms in total. The van der Waals surface area contributed by atoms with Gasteiger partial charge in [0.05, 0.1) is 12.1 Å². The van der Waals surface area contributed by atoms with Crippen LogP contribution in [0.5, 0.6) is 0 Å². The number of aliphatic hydroxyl groups is 1.